The van der Waals surface area contributed by atoms with Crippen molar-refractivity contribution in [3.8, 4) is 11.5 Å². The van der Waals surface area contributed by atoms with Crippen molar-refractivity contribution in [2.75, 3.05) is 26.4 Å². The summed E-state index contributed by atoms with van der Waals surface area (Å²) in [6.07, 6.45) is -1.10. The number of nitrogens with zero attached hydrogens (tertiary/aromatic N) is 4. The van der Waals surface area contributed by atoms with Gasteiger partial charge in [-0.2, -0.15) is 12.6 Å². The number of esters is 2. The molecule has 0 fully saturated rings. The van der Waals surface area contributed by atoms with Crippen molar-refractivity contribution < 1.29 is 58.8 Å². The fourth-order valence-electron chi connectivity index (χ4n) is 2.65. The number of carbonyl (C=O) groups excluding carboxylic acids is 2. The largest absolute Gasteiger partial charge is 0.427 e. The summed E-state index contributed by atoms with van der Waals surface area (Å²) in [6.45, 7) is -2.70. The Balaban J connectivity index is 2.82. The van der Waals surface area contributed by atoms with Crippen LogP contribution in [0, 0.1) is 52.3 Å². The van der Waals surface area contributed by atoms with Crippen LogP contribution in [-0.2, 0) is 34.7 Å². The molecule has 0 amide bonds. The molecule has 0 bridgehead atoms. The van der Waals surface area contributed by atoms with Crippen molar-refractivity contribution in [3.63, 3.8) is 0 Å². The minimum Gasteiger partial charge on any atom is -0.427 e. The molecule has 1 aromatic carbocycles. The summed E-state index contributed by atoms with van der Waals surface area (Å²) in [4.78, 5) is 82.5. The lowest BCUT2D eigenvalue weighted by atomic mass is 10.1. The molecule has 0 aliphatic heterocycles. The van der Waals surface area contributed by atoms with Crippen LogP contribution in [0.5, 0.6) is 11.5 Å². The van der Waals surface area contributed by atoms with Crippen molar-refractivity contribution in [1.82, 2.24) is 0 Å². The SMILES string of the molecule is O=C(CC(CO[N+](=O)[O-])CO[N+](=O)[O-])Oc1ccc(OC(=O)CC(CO[N+](=O)[O-])CO[N+](=O)[O-])c(CS)c1. The van der Waals surface area contributed by atoms with Crippen molar-refractivity contribution in [3.05, 3.63) is 64.2 Å². The minimum atomic E-state index is -1.14. The first-order valence-electron chi connectivity index (χ1n) is 10.1. The number of hydrogen-bond acceptors (Lipinski definition) is 17. The fraction of sp³-hybridized carbons (Fsp3) is 0.529. The Labute approximate surface area is 216 Å². The van der Waals surface area contributed by atoms with Gasteiger partial charge in [0.15, 0.2) is 0 Å². The molecule has 0 aromatic heterocycles. The highest BCUT2D eigenvalue weighted by molar-refractivity contribution is 7.79. The average molecular weight is 568 g/mol. The molecule has 20 nitrogen and oxygen atoms in total. The van der Waals surface area contributed by atoms with Gasteiger partial charge in [-0.25, -0.2) is 0 Å². The molecule has 210 valence electrons. The van der Waals surface area contributed by atoms with Crippen LogP contribution in [0.4, 0.5) is 0 Å². The zero-order valence-corrected chi connectivity index (χ0v) is 20.0. The molecule has 0 heterocycles. The Kier molecular flexibility index (Phi) is 13.3. The van der Waals surface area contributed by atoms with Gasteiger partial charge in [-0.3, -0.25) is 9.59 Å². The van der Waals surface area contributed by atoms with E-state index in [1.165, 1.54) is 18.2 Å². The van der Waals surface area contributed by atoms with Gasteiger partial charge in [0, 0.05) is 23.2 Å². The third-order valence-corrected chi connectivity index (χ3v) is 4.57. The Bertz CT molecular complexity index is 988. The molecule has 0 saturated carbocycles. The minimum absolute atomic E-state index is 0.0255. The summed E-state index contributed by atoms with van der Waals surface area (Å²) in [5.41, 5.74) is 0.247. The summed E-state index contributed by atoms with van der Waals surface area (Å²) in [7, 11) is 0. The highest BCUT2D eigenvalue weighted by Crippen LogP contribution is 2.27. The van der Waals surface area contributed by atoms with Crippen LogP contribution in [0.15, 0.2) is 18.2 Å². The summed E-state index contributed by atoms with van der Waals surface area (Å²) < 4.78 is 10.3. The topological polar surface area (TPSA) is 262 Å². The predicted molar refractivity (Wildman–Crippen MR) is 118 cm³/mol. The Morgan fingerprint density at radius 1 is 0.711 bits per heavy atom. The molecule has 0 aliphatic rings. The predicted octanol–water partition coefficient (Wildman–Crippen LogP) is 0.773. The van der Waals surface area contributed by atoms with E-state index in [1.807, 2.05) is 0 Å². The van der Waals surface area contributed by atoms with Crippen molar-refractivity contribution >= 4 is 24.6 Å². The van der Waals surface area contributed by atoms with Crippen LogP contribution in [0.1, 0.15) is 18.4 Å². The molecule has 38 heavy (non-hydrogen) atoms. The number of benzene rings is 1. The fourth-order valence-corrected chi connectivity index (χ4v) is 2.90. The van der Waals surface area contributed by atoms with Gasteiger partial charge in [0.25, 0.3) is 20.3 Å². The number of ether oxygens (including phenoxy) is 2. The average Bonchev–Trinajstić information content (AvgIpc) is 2.82. The van der Waals surface area contributed by atoms with Gasteiger partial charge in [-0.05, 0) is 18.2 Å². The molecule has 1 rings (SSSR count). The van der Waals surface area contributed by atoms with Gasteiger partial charge in [0.1, 0.15) is 37.9 Å². The van der Waals surface area contributed by atoms with Crippen LogP contribution in [0.3, 0.4) is 0 Å². The maximum atomic E-state index is 12.3. The lowest BCUT2D eigenvalue weighted by Crippen LogP contribution is -2.25. The first-order valence-corrected chi connectivity index (χ1v) is 10.8. The van der Waals surface area contributed by atoms with Crippen LogP contribution in [0.2, 0.25) is 0 Å². The van der Waals surface area contributed by atoms with Crippen LogP contribution < -0.4 is 9.47 Å². The molecule has 0 N–H and O–H groups in total. The molecule has 0 unspecified atom stereocenters. The zero-order valence-electron chi connectivity index (χ0n) is 19.1. The first kappa shape index (κ1) is 31.3. The van der Waals surface area contributed by atoms with Crippen molar-refractivity contribution in [2.45, 2.75) is 18.6 Å². The second-order valence-electron chi connectivity index (χ2n) is 7.09. The zero-order chi connectivity index (χ0) is 28.7. The van der Waals surface area contributed by atoms with E-state index in [1.54, 1.807) is 0 Å². The van der Waals surface area contributed by atoms with E-state index in [4.69, 9.17) is 9.47 Å². The van der Waals surface area contributed by atoms with Crippen LogP contribution in [0.25, 0.3) is 0 Å². The Morgan fingerprint density at radius 3 is 1.47 bits per heavy atom. The highest BCUT2D eigenvalue weighted by Gasteiger charge is 2.22. The molecule has 0 saturated heterocycles. The first-order chi connectivity index (χ1) is 17.9. The van der Waals surface area contributed by atoms with Crippen LogP contribution >= 0.6 is 12.6 Å². The molecule has 0 aliphatic carbocycles. The van der Waals surface area contributed by atoms with Gasteiger partial charge < -0.3 is 28.8 Å². The van der Waals surface area contributed by atoms with Gasteiger partial charge in [-0.15, -0.1) is 40.5 Å². The maximum absolute atomic E-state index is 12.3. The van der Waals surface area contributed by atoms with E-state index in [0.29, 0.717) is 0 Å². The third-order valence-electron chi connectivity index (χ3n) is 4.23. The summed E-state index contributed by atoms with van der Waals surface area (Å²) in [6, 6.07) is 3.71. The molecule has 21 heteroatoms. The Hall–Kier alpha value is -4.69. The summed E-state index contributed by atoms with van der Waals surface area (Å²) in [5.74, 6) is -4.18. The van der Waals surface area contributed by atoms with Gasteiger partial charge in [-0.1, -0.05) is 0 Å². The molecule has 0 spiro atoms. The van der Waals surface area contributed by atoms with E-state index in [0.717, 1.165) is 0 Å². The highest BCUT2D eigenvalue weighted by atomic mass is 32.1. The van der Waals surface area contributed by atoms with E-state index < -0.39 is 83.4 Å². The number of thiol groups is 1. The second-order valence-corrected chi connectivity index (χ2v) is 7.41. The van der Waals surface area contributed by atoms with E-state index >= 15 is 0 Å². The van der Waals surface area contributed by atoms with Crippen molar-refractivity contribution in [1.29, 1.82) is 0 Å². The second kappa shape index (κ2) is 16.1. The molecule has 0 atom stereocenters. The number of hydrogen-bond donors (Lipinski definition) is 1. The van der Waals surface area contributed by atoms with Crippen molar-refractivity contribution in [2.24, 2.45) is 11.8 Å². The van der Waals surface area contributed by atoms with E-state index in [2.05, 4.69) is 32.0 Å². The molecule has 0 radical (unpaired) electrons. The smallest absolute Gasteiger partial charge is 0.311 e. The maximum Gasteiger partial charge on any atom is 0.311 e. The van der Waals surface area contributed by atoms with E-state index in [-0.39, 0.29) is 22.8 Å². The standard InChI is InChI=1S/C17H20N4O16S/c22-16(3-11(6-32-18(24)25)7-33-19(26)27)36-14-1-2-15(13(5-14)10-38)37-17(23)4-12(8-34-20(28)29)9-35-21(30)31/h1-2,5,11-12,38H,3-4,6-10H2. The normalized spacial score (nSPS) is 10.4. The molecule has 1 aromatic rings. The quantitative estimate of drug-likeness (QED) is 0.0793. The van der Waals surface area contributed by atoms with Gasteiger partial charge >= 0.3 is 11.9 Å². The summed E-state index contributed by atoms with van der Waals surface area (Å²) >= 11 is 4.09. The molecular formula is C17H20N4O16S. The van der Waals surface area contributed by atoms with Crippen LogP contribution in [-0.4, -0.2) is 58.7 Å². The summed E-state index contributed by atoms with van der Waals surface area (Å²) in [5, 5.41) is 36.9. The number of carbonyl (C=O) groups is 2. The monoisotopic (exact) mass is 568 g/mol. The third kappa shape index (κ3) is 13.4. The molecular weight excluding hydrogens is 548 g/mol. The number of rotatable bonds is 19. The lowest BCUT2D eigenvalue weighted by Gasteiger charge is -2.16. The van der Waals surface area contributed by atoms with Gasteiger partial charge in [0.05, 0.1) is 12.8 Å². The van der Waals surface area contributed by atoms with Gasteiger partial charge in [0.2, 0.25) is 0 Å². The Morgan fingerprint density at radius 2 is 1.11 bits per heavy atom. The lowest BCUT2D eigenvalue weighted by molar-refractivity contribution is -0.768. The van der Waals surface area contributed by atoms with E-state index in [9.17, 15) is 50.0 Å².